The first-order valence-electron chi connectivity index (χ1n) is 9.23. The number of halogens is 1. The van der Waals surface area contributed by atoms with Crippen molar-refractivity contribution < 1.29 is 13.2 Å². The molecule has 0 unspecified atom stereocenters. The lowest BCUT2D eigenvalue weighted by Gasteiger charge is -2.30. The van der Waals surface area contributed by atoms with Crippen LogP contribution in [0.3, 0.4) is 0 Å². The van der Waals surface area contributed by atoms with E-state index in [1.165, 1.54) is 16.4 Å². The van der Waals surface area contributed by atoms with E-state index in [-0.39, 0.29) is 10.5 Å². The highest BCUT2D eigenvalue weighted by molar-refractivity contribution is 7.92. The van der Waals surface area contributed by atoms with E-state index >= 15 is 0 Å². The second-order valence-electron chi connectivity index (χ2n) is 6.77. The zero-order valence-corrected chi connectivity index (χ0v) is 17.1. The molecule has 0 atom stereocenters. The molecule has 0 fully saturated rings. The number of aryl methyl sites for hydroxylation is 1. The summed E-state index contributed by atoms with van der Waals surface area (Å²) in [5.74, 6) is -0.422. The van der Waals surface area contributed by atoms with Gasteiger partial charge in [0.05, 0.1) is 21.3 Å². The number of para-hydroxylation sites is 2. The Labute approximate surface area is 175 Å². The summed E-state index contributed by atoms with van der Waals surface area (Å²) in [6.45, 7) is 0.412. The molecule has 29 heavy (non-hydrogen) atoms. The van der Waals surface area contributed by atoms with Crippen molar-refractivity contribution in [2.24, 2.45) is 0 Å². The highest BCUT2D eigenvalue weighted by atomic mass is 35.5. The van der Waals surface area contributed by atoms with Crippen LogP contribution >= 0.6 is 11.6 Å². The normalized spacial score (nSPS) is 13.6. The molecule has 0 aliphatic carbocycles. The van der Waals surface area contributed by atoms with Gasteiger partial charge in [0, 0.05) is 12.1 Å². The van der Waals surface area contributed by atoms with Gasteiger partial charge in [-0.2, -0.15) is 0 Å². The molecule has 1 amide bonds. The zero-order valence-electron chi connectivity index (χ0n) is 15.5. The lowest BCUT2D eigenvalue weighted by Crippen LogP contribution is -2.35. The SMILES string of the molecule is O=C(Nc1ccccc1Cl)c1cccc(S(=O)(=O)N2CCCc3ccccc32)c1. The van der Waals surface area contributed by atoms with Crippen molar-refractivity contribution in [1.29, 1.82) is 0 Å². The maximum absolute atomic E-state index is 13.3. The molecule has 1 N–H and O–H groups in total. The maximum atomic E-state index is 13.3. The Balaban J connectivity index is 1.65. The second kappa shape index (κ2) is 7.89. The van der Waals surface area contributed by atoms with Gasteiger partial charge in [0.1, 0.15) is 0 Å². The minimum Gasteiger partial charge on any atom is -0.321 e. The smallest absolute Gasteiger partial charge is 0.264 e. The van der Waals surface area contributed by atoms with Gasteiger partial charge in [-0.1, -0.05) is 48.0 Å². The van der Waals surface area contributed by atoms with Crippen molar-refractivity contribution >= 4 is 38.9 Å². The number of hydrogen-bond acceptors (Lipinski definition) is 3. The molecule has 3 aromatic rings. The highest BCUT2D eigenvalue weighted by Gasteiger charge is 2.29. The maximum Gasteiger partial charge on any atom is 0.264 e. The van der Waals surface area contributed by atoms with Crippen molar-refractivity contribution in [2.45, 2.75) is 17.7 Å². The summed E-state index contributed by atoms with van der Waals surface area (Å²) in [4.78, 5) is 12.7. The fraction of sp³-hybridized carbons (Fsp3) is 0.136. The number of benzene rings is 3. The Morgan fingerprint density at radius 1 is 0.966 bits per heavy atom. The summed E-state index contributed by atoms with van der Waals surface area (Å²) in [5, 5.41) is 3.13. The van der Waals surface area contributed by atoms with Crippen LogP contribution < -0.4 is 9.62 Å². The molecule has 148 valence electrons. The van der Waals surface area contributed by atoms with Crippen LogP contribution in [0.5, 0.6) is 0 Å². The minimum atomic E-state index is -3.79. The first-order valence-corrected chi connectivity index (χ1v) is 11.1. The molecule has 0 saturated heterocycles. The number of nitrogens with one attached hydrogen (secondary N) is 1. The number of carbonyl (C=O) groups is 1. The average molecular weight is 427 g/mol. The molecule has 0 saturated carbocycles. The van der Waals surface area contributed by atoms with Crippen molar-refractivity contribution in [3.63, 3.8) is 0 Å². The van der Waals surface area contributed by atoms with E-state index in [4.69, 9.17) is 11.6 Å². The van der Waals surface area contributed by atoms with Gasteiger partial charge in [-0.15, -0.1) is 0 Å². The van der Waals surface area contributed by atoms with Crippen molar-refractivity contribution in [2.75, 3.05) is 16.2 Å². The minimum absolute atomic E-state index is 0.0843. The van der Waals surface area contributed by atoms with Gasteiger partial charge in [0.25, 0.3) is 15.9 Å². The number of rotatable bonds is 4. The Kier molecular flexibility index (Phi) is 5.30. The Morgan fingerprint density at radius 2 is 1.72 bits per heavy atom. The quantitative estimate of drug-likeness (QED) is 0.655. The van der Waals surface area contributed by atoms with Crippen LogP contribution in [0.2, 0.25) is 5.02 Å². The van der Waals surface area contributed by atoms with Crippen LogP contribution in [0.1, 0.15) is 22.3 Å². The molecule has 3 aromatic carbocycles. The number of anilines is 2. The van der Waals surface area contributed by atoms with Crippen molar-refractivity contribution in [1.82, 2.24) is 0 Å². The van der Waals surface area contributed by atoms with Gasteiger partial charge in [-0.05, 0) is 54.8 Å². The fourth-order valence-corrected chi connectivity index (χ4v) is 5.20. The van der Waals surface area contributed by atoms with E-state index in [0.29, 0.717) is 22.9 Å². The number of sulfonamides is 1. The van der Waals surface area contributed by atoms with E-state index in [9.17, 15) is 13.2 Å². The Hall–Kier alpha value is -2.83. The number of amides is 1. The third kappa shape index (κ3) is 3.86. The Bertz CT molecular complexity index is 1180. The number of nitrogens with zero attached hydrogens (tertiary/aromatic N) is 1. The van der Waals surface area contributed by atoms with Crippen LogP contribution in [0.4, 0.5) is 11.4 Å². The summed E-state index contributed by atoms with van der Waals surface area (Å²) >= 11 is 6.09. The predicted molar refractivity (Wildman–Crippen MR) is 115 cm³/mol. The van der Waals surface area contributed by atoms with E-state index in [1.807, 2.05) is 24.3 Å². The molecule has 0 bridgehead atoms. The fourth-order valence-electron chi connectivity index (χ4n) is 3.43. The lowest BCUT2D eigenvalue weighted by molar-refractivity contribution is 0.102. The molecule has 0 aromatic heterocycles. The monoisotopic (exact) mass is 426 g/mol. The summed E-state index contributed by atoms with van der Waals surface area (Å²) in [7, 11) is -3.79. The molecule has 1 aliphatic rings. The van der Waals surface area contributed by atoms with Crippen LogP contribution in [-0.2, 0) is 16.4 Å². The van der Waals surface area contributed by atoms with E-state index in [2.05, 4.69) is 5.32 Å². The van der Waals surface area contributed by atoms with Crippen LogP contribution in [-0.4, -0.2) is 20.9 Å². The second-order valence-corrected chi connectivity index (χ2v) is 9.04. The third-order valence-electron chi connectivity index (χ3n) is 4.87. The van der Waals surface area contributed by atoms with Gasteiger partial charge < -0.3 is 5.32 Å². The van der Waals surface area contributed by atoms with Gasteiger partial charge >= 0.3 is 0 Å². The van der Waals surface area contributed by atoms with Crippen molar-refractivity contribution in [3.05, 3.63) is 88.9 Å². The molecule has 4 rings (SSSR count). The zero-order chi connectivity index (χ0) is 20.4. The standard InChI is InChI=1S/C22H19ClN2O3S/c23-19-11-2-3-12-20(19)24-22(26)17-8-5-10-18(15-17)29(27,28)25-14-6-9-16-7-1-4-13-21(16)25/h1-5,7-8,10-13,15H,6,9,14H2,(H,24,26). The first kappa shape index (κ1) is 19.5. The molecule has 0 radical (unpaired) electrons. The molecule has 1 heterocycles. The molecular weight excluding hydrogens is 408 g/mol. The van der Waals surface area contributed by atoms with Crippen molar-refractivity contribution in [3.8, 4) is 0 Å². The van der Waals surface area contributed by atoms with E-state index < -0.39 is 15.9 Å². The van der Waals surface area contributed by atoms with Crippen LogP contribution in [0, 0.1) is 0 Å². The molecular formula is C22H19ClN2O3S. The highest BCUT2D eigenvalue weighted by Crippen LogP contribution is 2.32. The van der Waals surface area contributed by atoms with Gasteiger partial charge in [-0.25, -0.2) is 8.42 Å². The predicted octanol–water partition coefficient (Wildman–Crippen LogP) is 4.73. The van der Waals surface area contributed by atoms with E-state index in [0.717, 1.165) is 18.4 Å². The van der Waals surface area contributed by atoms with Crippen LogP contribution in [0.25, 0.3) is 0 Å². The summed E-state index contributed by atoms with van der Waals surface area (Å²) in [6, 6.07) is 20.5. The first-order chi connectivity index (χ1) is 14.0. The summed E-state index contributed by atoms with van der Waals surface area (Å²) in [6.07, 6.45) is 1.60. The average Bonchev–Trinajstić information content (AvgIpc) is 2.75. The number of carbonyl (C=O) groups excluding carboxylic acids is 1. The summed E-state index contributed by atoms with van der Waals surface area (Å²) in [5.41, 5.74) is 2.42. The molecule has 1 aliphatic heterocycles. The van der Waals surface area contributed by atoms with Gasteiger partial charge in [0.2, 0.25) is 0 Å². The topological polar surface area (TPSA) is 66.5 Å². The molecule has 0 spiro atoms. The van der Waals surface area contributed by atoms with Gasteiger partial charge in [-0.3, -0.25) is 9.10 Å². The number of fused-ring (bicyclic) bond motifs is 1. The van der Waals surface area contributed by atoms with E-state index in [1.54, 1.807) is 36.4 Å². The lowest BCUT2D eigenvalue weighted by atomic mass is 10.0. The largest absolute Gasteiger partial charge is 0.321 e. The third-order valence-corrected chi connectivity index (χ3v) is 7.01. The molecule has 7 heteroatoms. The molecule has 5 nitrogen and oxygen atoms in total. The number of hydrogen-bond donors (Lipinski definition) is 1. The van der Waals surface area contributed by atoms with Gasteiger partial charge in [0.15, 0.2) is 0 Å². The van der Waals surface area contributed by atoms with Crippen LogP contribution in [0.15, 0.2) is 77.7 Å². The summed E-state index contributed by atoms with van der Waals surface area (Å²) < 4.78 is 28.0. The Morgan fingerprint density at radius 3 is 2.55 bits per heavy atom.